The van der Waals surface area contributed by atoms with E-state index >= 15 is 0 Å². The molecule has 6 nitrogen and oxygen atoms in total. The Morgan fingerprint density at radius 1 is 1.08 bits per heavy atom. The molecule has 10 heteroatoms. The Morgan fingerprint density at radius 2 is 1.67 bits per heavy atom. The molecule has 1 aromatic heterocycles. The summed E-state index contributed by atoms with van der Waals surface area (Å²) in [6.45, 7) is 3.29. The van der Waals surface area contributed by atoms with Gasteiger partial charge < -0.3 is 4.18 Å². The summed E-state index contributed by atoms with van der Waals surface area (Å²) in [5.74, 6) is -0.491. The molecule has 0 unspecified atom stereocenters. The van der Waals surface area contributed by atoms with Crippen molar-refractivity contribution in [1.29, 1.82) is 5.26 Å². The maximum Gasteiger partial charge on any atom is 0.534 e. The quantitative estimate of drug-likeness (QED) is 0.619. The van der Waals surface area contributed by atoms with Gasteiger partial charge in [0.05, 0.1) is 17.1 Å². The third-order valence-corrected chi connectivity index (χ3v) is 3.95. The smallest absolute Gasteiger partial charge is 0.376 e. The van der Waals surface area contributed by atoms with Crippen molar-refractivity contribution in [1.82, 2.24) is 9.97 Å². The van der Waals surface area contributed by atoms with E-state index in [1.54, 1.807) is 13.8 Å². The number of rotatable bonds is 3. The third-order valence-electron chi connectivity index (χ3n) is 2.97. The van der Waals surface area contributed by atoms with Gasteiger partial charge in [-0.3, -0.25) is 4.98 Å². The molecule has 126 valence electrons. The summed E-state index contributed by atoms with van der Waals surface area (Å²) in [6, 6.07) is 6.67. The molecule has 0 N–H and O–H groups in total. The lowest BCUT2D eigenvalue weighted by Gasteiger charge is -2.10. The van der Waals surface area contributed by atoms with Crippen LogP contribution in [0, 0.1) is 25.2 Å². The molecule has 0 bridgehead atoms. The second-order valence-electron chi connectivity index (χ2n) is 4.71. The molecule has 0 aliphatic carbocycles. The van der Waals surface area contributed by atoms with Crippen LogP contribution in [0.25, 0.3) is 11.3 Å². The van der Waals surface area contributed by atoms with Gasteiger partial charge in [0.1, 0.15) is 11.8 Å². The van der Waals surface area contributed by atoms with Crippen LogP contribution in [0.5, 0.6) is 5.75 Å². The molecule has 1 aromatic carbocycles. The van der Waals surface area contributed by atoms with E-state index in [-0.39, 0.29) is 5.69 Å². The number of hydrogen-bond acceptors (Lipinski definition) is 6. The molecule has 0 saturated heterocycles. The normalized spacial score (nSPS) is 11.8. The molecule has 24 heavy (non-hydrogen) atoms. The van der Waals surface area contributed by atoms with Gasteiger partial charge in [-0.25, -0.2) is 4.98 Å². The average molecular weight is 357 g/mol. The summed E-state index contributed by atoms with van der Waals surface area (Å²) in [5, 5.41) is 8.98. The van der Waals surface area contributed by atoms with Crippen molar-refractivity contribution in [2.75, 3.05) is 0 Å². The Morgan fingerprint density at radius 3 is 2.17 bits per heavy atom. The summed E-state index contributed by atoms with van der Waals surface area (Å²) in [5.41, 5.74) is -3.60. The van der Waals surface area contributed by atoms with E-state index in [1.165, 1.54) is 12.1 Å². The Bertz CT molecular complexity index is 917. The summed E-state index contributed by atoms with van der Waals surface area (Å²) in [6.07, 6.45) is 0. The van der Waals surface area contributed by atoms with E-state index in [2.05, 4.69) is 14.2 Å². The standard InChI is InChI=1S/C14H10F3N3O3S/c1-8-12(7-18)20-13(9(2)19-8)10-3-5-11(6-4-10)23-24(21,22)14(15,16)17/h3-6H,1-2H3. The van der Waals surface area contributed by atoms with Gasteiger partial charge in [0, 0.05) is 5.56 Å². The first kappa shape index (κ1) is 17.7. The predicted octanol–water partition coefficient (Wildman–Crippen LogP) is 2.86. The molecule has 0 aliphatic rings. The number of benzene rings is 1. The minimum atomic E-state index is -5.72. The van der Waals surface area contributed by atoms with Crippen LogP contribution < -0.4 is 4.18 Å². The monoisotopic (exact) mass is 357 g/mol. The maximum absolute atomic E-state index is 12.3. The lowest BCUT2D eigenvalue weighted by Crippen LogP contribution is -2.28. The fourth-order valence-electron chi connectivity index (χ4n) is 1.85. The van der Waals surface area contributed by atoms with Gasteiger partial charge in [-0.15, -0.1) is 0 Å². The zero-order valence-corrected chi connectivity index (χ0v) is 13.2. The predicted molar refractivity (Wildman–Crippen MR) is 77.3 cm³/mol. The largest absolute Gasteiger partial charge is 0.534 e. The highest BCUT2D eigenvalue weighted by molar-refractivity contribution is 7.88. The molecule has 0 radical (unpaired) electrons. The van der Waals surface area contributed by atoms with Crippen LogP contribution in [-0.2, 0) is 10.1 Å². The first-order chi connectivity index (χ1) is 11.0. The van der Waals surface area contributed by atoms with Crippen LogP contribution in [0.15, 0.2) is 24.3 Å². The molecule has 1 heterocycles. The van der Waals surface area contributed by atoms with Crippen molar-refractivity contribution in [3.8, 4) is 23.1 Å². The molecule has 0 spiro atoms. The van der Waals surface area contributed by atoms with E-state index in [0.29, 0.717) is 22.6 Å². The number of alkyl halides is 3. The maximum atomic E-state index is 12.3. The summed E-state index contributed by atoms with van der Waals surface area (Å²) in [4.78, 5) is 8.32. The molecule has 0 saturated carbocycles. The summed E-state index contributed by atoms with van der Waals surface area (Å²) >= 11 is 0. The van der Waals surface area contributed by atoms with Crippen LogP contribution in [0.3, 0.4) is 0 Å². The first-order valence-electron chi connectivity index (χ1n) is 6.41. The number of nitriles is 1. The van der Waals surface area contributed by atoms with Gasteiger partial charge >= 0.3 is 15.6 Å². The van der Waals surface area contributed by atoms with Gasteiger partial charge in [-0.2, -0.15) is 26.9 Å². The van der Waals surface area contributed by atoms with Gasteiger partial charge in [0.25, 0.3) is 0 Å². The Kier molecular flexibility index (Phi) is 4.48. The van der Waals surface area contributed by atoms with Gasteiger partial charge in [0.2, 0.25) is 0 Å². The highest BCUT2D eigenvalue weighted by atomic mass is 32.2. The topological polar surface area (TPSA) is 92.9 Å². The summed E-state index contributed by atoms with van der Waals surface area (Å²) in [7, 11) is -5.72. The fraction of sp³-hybridized carbons (Fsp3) is 0.214. The van der Waals surface area contributed by atoms with E-state index in [4.69, 9.17) is 5.26 Å². The van der Waals surface area contributed by atoms with E-state index in [0.717, 1.165) is 12.1 Å². The zero-order valence-electron chi connectivity index (χ0n) is 12.4. The molecule has 0 aliphatic heterocycles. The highest BCUT2D eigenvalue weighted by Gasteiger charge is 2.48. The second-order valence-corrected chi connectivity index (χ2v) is 6.25. The fourth-order valence-corrected chi connectivity index (χ4v) is 2.31. The Balaban J connectivity index is 2.36. The lowest BCUT2D eigenvalue weighted by atomic mass is 10.1. The lowest BCUT2D eigenvalue weighted by molar-refractivity contribution is -0.0500. The van der Waals surface area contributed by atoms with Crippen LogP contribution >= 0.6 is 0 Å². The number of hydrogen-bond donors (Lipinski definition) is 0. The third kappa shape index (κ3) is 3.46. The zero-order chi connectivity index (χ0) is 18.1. The number of aromatic nitrogens is 2. The van der Waals surface area contributed by atoms with E-state index in [1.807, 2.05) is 6.07 Å². The Hall–Kier alpha value is -2.67. The van der Waals surface area contributed by atoms with Gasteiger partial charge in [0.15, 0.2) is 5.69 Å². The molecule has 0 amide bonds. The molecule has 2 rings (SSSR count). The Labute approximate surface area is 135 Å². The SMILES string of the molecule is Cc1nc(C)c(-c2ccc(OS(=O)(=O)C(F)(F)F)cc2)nc1C#N. The molecule has 2 aromatic rings. The number of aryl methyl sites for hydroxylation is 2. The van der Waals surface area contributed by atoms with Crippen LogP contribution in [0.1, 0.15) is 17.1 Å². The highest BCUT2D eigenvalue weighted by Crippen LogP contribution is 2.29. The van der Waals surface area contributed by atoms with Crippen molar-refractivity contribution >= 4 is 10.1 Å². The van der Waals surface area contributed by atoms with Gasteiger partial charge in [-0.1, -0.05) is 0 Å². The van der Waals surface area contributed by atoms with Crippen LogP contribution in [0.2, 0.25) is 0 Å². The minimum absolute atomic E-state index is 0.121. The molecular formula is C14H10F3N3O3S. The number of halogens is 3. The average Bonchev–Trinajstić information content (AvgIpc) is 2.47. The van der Waals surface area contributed by atoms with Crippen LogP contribution in [0.4, 0.5) is 13.2 Å². The van der Waals surface area contributed by atoms with Crippen molar-refractivity contribution in [3.63, 3.8) is 0 Å². The molecular weight excluding hydrogens is 347 g/mol. The van der Waals surface area contributed by atoms with Gasteiger partial charge in [-0.05, 0) is 38.1 Å². The van der Waals surface area contributed by atoms with Crippen molar-refractivity contribution < 1.29 is 25.8 Å². The first-order valence-corrected chi connectivity index (χ1v) is 7.82. The van der Waals surface area contributed by atoms with Crippen molar-refractivity contribution in [2.24, 2.45) is 0 Å². The minimum Gasteiger partial charge on any atom is -0.376 e. The van der Waals surface area contributed by atoms with Crippen molar-refractivity contribution in [3.05, 3.63) is 41.3 Å². The van der Waals surface area contributed by atoms with Crippen LogP contribution in [-0.4, -0.2) is 23.9 Å². The molecule has 0 fully saturated rings. The number of nitrogens with zero attached hydrogens (tertiary/aromatic N) is 3. The van der Waals surface area contributed by atoms with Crippen molar-refractivity contribution in [2.45, 2.75) is 19.4 Å². The molecule has 0 atom stereocenters. The van der Waals surface area contributed by atoms with E-state index < -0.39 is 21.4 Å². The second kappa shape index (κ2) is 6.09. The van der Waals surface area contributed by atoms with E-state index in [9.17, 15) is 21.6 Å². The summed E-state index contributed by atoms with van der Waals surface area (Å²) < 4.78 is 62.7.